The monoisotopic (exact) mass is 385 g/mol. The number of benzene rings is 1. The van der Waals surface area contributed by atoms with Gasteiger partial charge in [-0.3, -0.25) is 4.79 Å². The fourth-order valence-electron chi connectivity index (χ4n) is 2.92. The lowest BCUT2D eigenvalue weighted by Crippen LogP contribution is -2.48. The quantitative estimate of drug-likeness (QED) is 0.642. The molecule has 3 heterocycles. The molecule has 1 amide bonds. The molecule has 0 N–H and O–H groups in total. The third-order valence-corrected chi connectivity index (χ3v) is 6.30. The van der Waals surface area contributed by atoms with Gasteiger partial charge in [-0.2, -0.15) is 0 Å². The van der Waals surface area contributed by atoms with Gasteiger partial charge in [0.05, 0.1) is 17.3 Å². The number of carbonyl (C=O) groups excluding carboxylic acids is 1. The highest BCUT2D eigenvalue weighted by molar-refractivity contribution is 7.22. The molecule has 0 saturated carbocycles. The Kier molecular flexibility index (Phi) is 4.90. The van der Waals surface area contributed by atoms with E-state index in [2.05, 4.69) is 4.90 Å². The van der Waals surface area contributed by atoms with Gasteiger partial charge < -0.3 is 14.5 Å². The molecule has 2 aromatic heterocycles. The first kappa shape index (κ1) is 17.1. The van der Waals surface area contributed by atoms with Gasteiger partial charge in [0.15, 0.2) is 5.13 Å². The zero-order valence-electron chi connectivity index (χ0n) is 14.4. The van der Waals surface area contributed by atoms with Crippen LogP contribution in [0.25, 0.3) is 16.3 Å². The minimum atomic E-state index is 0.0760. The number of thiophene rings is 1. The molecule has 0 aliphatic carbocycles. The molecule has 0 atom stereocenters. The van der Waals surface area contributed by atoms with E-state index in [0.29, 0.717) is 13.1 Å². The Bertz CT molecular complexity index is 926. The molecule has 0 bridgehead atoms. The van der Waals surface area contributed by atoms with Crippen LogP contribution in [-0.2, 0) is 4.79 Å². The van der Waals surface area contributed by atoms with E-state index in [-0.39, 0.29) is 5.91 Å². The van der Waals surface area contributed by atoms with Crippen LogP contribution in [0.2, 0.25) is 0 Å². The molecule has 26 heavy (non-hydrogen) atoms. The summed E-state index contributed by atoms with van der Waals surface area (Å²) in [6.45, 7) is 3.03. The lowest BCUT2D eigenvalue weighted by Gasteiger charge is -2.34. The fourth-order valence-corrected chi connectivity index (χ4v) is 4.58. The van der Waals surface area contributed by atoms with Gasteiger partial charge >= 0.3 is 0 Å². The number of hydrogen-bond acceptors (Lipinski definition) is 6. The van der Waals surface area contributed by atoms with Crippen LogP contribution in [0.5, 0.6) is 5.75 Å². The van der Waals surface area contributed by atoms with Crippen LogP contribution in [0.1, 0.15) is 4.88 Å². The van der Waals surface area contributed by atoms with E-state index in [1.54, 1.807) is 35.9 Å². The van der Waals surface area contributed by atoms with E-state index in [0.717, 1.165) is 39.1 Å². The number of ether oxygens (including phenoxy) is 1. The predicted molar refractivity (Wildman–Crippen MR) is 108 cm³/mol. The summed E-state index contributed by atoms with van der Waals surface area (Å²) in [5.41, 5.74) is 0.989. The number of amides is 1. The summed E-state index contributed by atoms with van der Waals surface area (Å²) in [5.74, 6) is 0.924. The molecule has 5 nitrogen and oxygen atoms in total. The molecule has 0 unspecified atom stereocenters. The number of carbonyl (C=O) groups is 1. The predicted octanol–water partition coefficient (Wildman–Crippen LogP) is 3.73. The van der Waals surface area contributed by atoms with Crippen LogP contribution in [0.3, 0.4) is 0 Å². The van der Waals surface area contributed by atoms with Crippen molar-refractivity contribution in [2.75, 3.05) is 38.2 Å². The Morgan fingerprint density at radius 3 is 2.81 bits per heavy atom. The summed E-state index contributed by atoms with van der Waals surface area (Å²) in [5, 5.41) is 3.02. The van der Waals surface area contributed by atoms with E-state index in [1.807, 2.05) is 46.7 Å². The Morgan fingerprint density at radius 1 is 1.23 bits per heavy atom. The average molecular weight is 386 g/mol. The van der Waals surface area contributed by atoms with Gasteiger partial charge in [-0.25, -0.2) is 4.98 Å². The smallest absolute Gasteiger partial charge is 0.246 e. The maximum absolute atomic E-state index is 12.3. The number of rotatable bonds is 4. The van der Waals surface area contributed by atoms with Crippen molar-refractivity contribution in [3.8, 4) is 5.75 Å². The lowest BCUT2D eigenvalue weighted by atomic mass is 10.3. The van der Waals surface area contributed by atoms with Crippen LogP contribution < -0.4 is 9.64 Å². The number of piperazine rings is 1. The van der Waals surface area contributed by atoms with Crippen molar-refractivity contribution in [3.63, 3.8) is 0 Å². The molecule has 7 heteroatoms. The highest BCUT2D eigenvalue weighted by atomic mass is 32.1. The molecule has 4 rings (SSSR count). The van der Waals surface area contributed by atoms with Crippen LogP contribution in [0.15, 0.2) is 41.8 Å². The first-order valence-corrected chi connectivity index (χ1v) is 10.1. The summed E-state index contributed by atoms with van der Waals surface area (Å²) in [7, 11) is 1.67. The summed E-state index contributed by atoms with van der Waals surface area (Å²) in [6, 6.07) is 9.94. The number of anilines is 1. The number of aromatic nitrogens is 1. The fraction of sp³-hybridized carbons (Fsp3) is 0.263. The Labute approximate surface area is 160 Å². The van der Waals surface area contributed by atoms with E-state index >= 15 is 0 Å². The molecule has 1 fully saturated rings. The summed E-state index contributed by atoms with van der Waals surface area (Å²) in [6.07, 6.45) is 3.56. The zero-order valence-corrected chi connectivity index (χ0v) is 16.1. The van der Waals surface area contributed by atoms with Crippen molar-refractivity contribution >= 4 is 50.0 Å². The first-order valence-electron chi connectivity index (χ1n) is 8.43. The molecule has 3 aromatic rings. The number of methoxy groups -OCH3 is 1. The third-order valence-electron chi connectivity index (χ3n) is 4.38. The Morgan fingerprint density at radius 2 is 2.08 bits per heavy atom. The van der Waals surface area contributed by atoms with Gasteiger partial charge in [0.25, 0.3) is 0 Å². The number of hydrogen-bond donors (Lipinski definition) is 0. The maximum Gasteiger partial charge on any atom is 0.246 e. The minimum absolute atomic E-state index is 0.0760. The number of thiazole rings is 1. The van der Waals surface area contributed by atoms with Gasteiger partial charge in [-0.05, 0) is 35.7 Å². The highest BCUT2D eigenvalue weighted by Gasteiger charge is 2.22. The van der Waals surface area contributed by atoms with E-state index in [1.165, 1.54) is 0 Å². The van der Waals surface area contributed by atoms with E-state index in [4.69, 9.17) is 9.72 Å². The second-order valence-electron chi connectivity index (χ2n) is 5.99. The molecular weight excluding hydrogens is 366 g/mol. The van der Waals surface area contributed by atoms with Gasteiger partial charge in [0.2, 0.25) is 5.91 Å². The van der Waals surface area contributed by atoms with Gasteiger partial charge in [-0.15, -0.1) is 11.3 Å². The maximum atomic E-state index is 12.3. The highest BCUT2D eigenvalue weighted by Crippen LogP contribution is 2.31. The largest absolute Gasteiger partial charge is 0.497 e. The van der Waals surface area contributed by atoms with Crippen molar-refractivity contribution in [2.24, 2.45) is 0 Å². The van der Waals surface area contributed by atoms with Crippen LogP contribution in [0, 0.1) is 0 Å². The molecule has 1 aliphatic heterocycles. The second-order valence-corrected chi connectivity index (χ2v) is 7.98. The zero-order chi connectivity index (χ0) is 17.9. The van der Waals surface area contributed by atoms with Crippen LogP contribution >= 0.6 is 22.7 Å². The minimum Gasteiger partial charge on any atom is -0.497 e. The molecule has 1 aliphatic rings. The normalized spacial score (nSPS) is 15.1. The summed E-state index contributed by atoms with van der Waals surface area (Å²) in [4.78, 5) is 22.3. The molecular formula is C19H19N3O2S2. The summed E-state index contributed by atoms with van der Waals surface area (Å²) >= 11 is 3.30. The van der Waals surface area contributed by atoms with Gasteiger partial charge in [-0.1, -0.05) is 17.4 Å². The topological polar surface area (TPSA) is 45.7 Å². The van der Waals surface area contributed by atoms with Crippen molar-refractivity contribution in [2.45, 2.75) is 0 Å². The third kappa shape index (κ3) is 3.59. The molecule has 1 saturated heterocycles. The van der Waals surface area contributed by atoms with Crippen LogP contribution in [0.4, 0.5) is 5.13 Å². The molecule has 134 valence electrons. The molecule has 1 aromatic carbocycles. The van der Waals surface area contributed by atoms with Crippen molar-refractivity contribution < 1.29 is 9.53 Å². The van der Waals surface area contributed by atoms with Crippen molar-refractivity contribution in [1.82, 2.24) is 9.88 Å². The van der Waals surface area contributed by atoms with Crippen molar-refractivity contribution in [1.29, 1.82) is 0 Å². The SMILES string of the molecule is COc1ccc2nc(N3CCN(C(=O)C=Cc4cccs4)CC3)sc2c1. The standard InChI is InChI=1S/C19H19N3O2S2/c1-24-14-4-6-16-17(13-14)26-19(20-16)22-10-8-21(9-11-22)18(23)7-5-15-3-2-12-25-15/h2-7,12-13H,8-11H2,1H3. The molecule has 0 radical (unpaired) electrons. The number of fused-ring (bicyclic) bond motifs is 1. The van der Waals surface area contributed by atoms with E-state index < -0.39 is 0 Å². The van der Waals surface area contributed by atoms with Crippen LogP contribution in [-0.4, -0.2) is 49.1 Å². The Hall–Kier alpha value is -2.38. The van der Waals surface area contributed by atoms with Gasteiger partial charge in [0, 0.05) is 37.1 Å². The van der Waals surface area contributed by atoms with E-state index in [9.17, 15) is 4.79 Å². The number of nitrogens with zero attached hydrogens (tertiary/aromatic N) is 3. The molecule has 0 spiro atoms. The van der Waals surface area contributed by atoms with Crippen molar-refractivity contribution in [3.05, 3.63) is 46.7 Å². The second kappa shape index (κ2) is 7.47. The first-order chi connectivity index (χ1) is 12.7. The average Bonchev–Trinajstić information content (AvgIpc) is 3.35. The summed E-state index contributed by atoms with van der Waals surface area (Å²) < 4.78 is 6.40. The van der Waals surface area contributed by atoms with Gasteiger partial charge in [0.1, 0.15) is 5.75 Å². The lowest BCUT2D eigenvalue weighted by molar-refractivity contribution is -0.126. The Balaban J connectivity index is 1.39.